The lowest BCUT2D eigenvalue weighted by Gasteiger charge is -2.36. The van der Waals surface area contributed by atoms with Gasteiger partial charge >= 0.3 is 0 Å². The highest BCUT2D eigenvalue weighted by Crippen LogP contribution is 2.36. The average molecular weight is 312 g/mol. The minimum absolute atomic E-state index is 0.0903. The van der Waals surface area contributed by atoms with Gasteiger partial charge in [-0.15, -0.1) is 0 Å². The van der Waals surface area contributed by atoms with Crippen LogP contribution >= 0.6 is 15.9 Å². The Balaban J connectivity index is 2.03. The Morgan fingerprint density at radius 1 is 1.28 bits per heavy atom. The highest BCUT2D eigenvalue weighted by atomic mass is 79.9. The van der Waals surface area contributed by atoms with Gasteiger partial charge in [0.25, 0.3) is 0 Å². The number of rotatable bonds is 4. The van der Waals surface area contributed by atoms with Crippen LogP contribution in [0.1, 0.15) is 37.7 Å². The van der Waals surface area contributed by atoms with E-state index < -0.39 is 0 Å². The Bertz CT molecular complexity index is 399. The van der Waals surface area contributed by atoms with Crippen molar-refractivity contribution in [3.05, 3.63) is 28.2 Å². The summed E-state index contributed by atoms with van der Waals surface area (Å²) < 4.78 is 1.13. The molecule has 2 N–H and O–H groups in total. The Hall–Kier alpha value is -0.540. The first-order valence-electron chi connectivity index (χ1n) is 6.77. The summed E-state index contributed by atoms with van der Waals surface area (Å²) >= 11 is 3.55. The van der Waals surface area contributed by atoms with Gasteiger partial charge in [0, 0.05) is 22.1 Å². The maximum Gasteiger partial charge on any atom is 0.0504 e. The first kappa shape index (κ1) is 13.9. The van der Waals surface area contributed by atoms with Crippen LogP contribution in [0.3, 0.4) is 0 Å². The van der Waals surface area contributed by atoms with E-state index in [0.717, 1.165) is 23.9 Å². The zero-order valence-electron chi connectivity index (χ0n) is 11.0. The van der Waals surface area contributed by atoms with E-state index in [1.807, 2.05) is 6.07 Å². The summed E-state index contributed by atoms with van der Waals surface area (Å²) in [5, 5.41) is 13.2. The summed E-state index contributed by atoms with van der Waals surface area (Å²) in [6, 6.07) is 6.21. The molecule has 0 heterocycles. The zero-order chi connectivity index (χ0) is 13.0. The normalized spacial score (nSPS) is 18.6. The van der Waals surface area contributed by atoms with E-state index in [9.17, 15) is 5.11 Å². The predicted octanol–water partition coefficient (Wildman–Crippen LogP) is 4.11. The summed E-state index contributed by atoms with van der Waals surface area (Å²) in [6.07, 6.45) is 6.10. The van der Waals surface area contributed by atoms with Crippen LogP contribution in [-0.4, -0.2) is 18.3 Å². The fourth-order valence-corrected chi connectivity index (χ4v) is 3.14. The summed E-state index contributed by atoms with van der Waals surface area (Å²) in [6.45, 7) is 3.28. The second-order valence-electron chi connectivity index (χ2n) is 5.48. The van der Waals surface area contributed by atoms with Crippen LogP contribution in [0.4, 0.5) is 5.69 Å². The fourth-order valence-electron chi connectivity index (χ4n) is 2.77. The van der Waals surface area contributed by atoms with Crippen LogP contribution in [0, 0.1) is 12.3 Å². The SMILES string of the molecule is Cc1c(Br)cccc1NCC1(CO)CCCCC1. The summed E-state index contributed by atoms with van der Waals surface area (Å²) in [5.74, 6) is 0. The second kappa shape index (κ2) is 6.07. The average Bonchev–Trinajstić information content (AvgIpc) is 2.41. The smallest absolute Gasteiger partial charge is 0.0504 e. The van der Waals surface area contributed by atoms with Crippen molar-refractivity contribution >= 4 is 21.6 Å². The first-order valence-corrected chi connectivity index (χ1v) is 7.56. The monoisotopic (exact) mass is 311 g/mol. The predicted molar refractivity (Wildman–Crippen MR) is 80.0 cm³/mol. The van der Waals surface area contributed by atoms with Crippen molar-refractivity contribution in [2.24, 2.45) is 5.41 Å². The lowest BCUT2D eigenvalue weighted by Crippen LogP contribution is -2.35. The fraction of sp³-hybridized carbons (Fsp3) is 0.600. The highest BCUT2D eigenvalue weighted by Gasteiger charge is 2.31. The van der Waals surface area contributed by atoms with Crippen molar-refractivity contribution in [1.29, 1.82) is 0 Å². The third-order valence-electron chi connectivity index (χ3n) is 4.17. The molecule has 0 bridgehead atoms. The van der Waals surface area contributed by atoms with Crippen molar-refractivity contribution in [2.75, 3.05) is 18.5 Å². The minimum Gasteiger partial charge on any atom is -0.396 e. The quantitative estimate of drug-likeness (QED) is 0.877. The van der Waals surface area contributed by atoms with Gasteiger partial charge in [0.1, 0.15) is 0 Å². The van der Waals surface area contributed by atoms with Crippen LogP contribution in [0.15, 0.2) is 22.7 Å². The van der Waals surface area contributed by atoms with E-state index in [-0.39, 0.29) is 5.41 Å². The molecular weight excluding hydrogens is 290 g/mol. The summed E-state index contributed by atoms with van der Waals surface area (Å²) in [5.41, 5.74) is 2.50. The van der Waals surface area contributed by atoms with Gasteiger partial charge in [-0.25, -0.2) is 0 Å². The topological polar surface area (TPSA) is 32.3 Å². The zero-order valence-corrected chi connectivity index (χ0v) is 12.6. The van der Waals surface area contributed by atoms with E-state index in [4.69, 9.17) is 0 Å². The van der Waals surface area contributed by atoms with E-state index in [0.29, 0.717) is 6.61 Å². The Morgan fingerprint density at radius 2 is 2.00 bits per heavy atom. The third kappa shape index (κ3) is 3.07. The lowest BCUT2D eigenvalue weighted by molar-refractivity contribution is 0.0944. The highest BCUT2D eigenvalue weighted by molar-refractivity contribution is 9.10. The van der Waals surface area contributed by atoms with Crippen molar-refractivity contribution < 1.29 is 5.11 Å². The number of halogens is 1. The van der Waals surface area contributed by atoms with Gasteiger partial charge in [0.2, 0.25) is 0 Å². The molecule has 0 saturated heterocycles. The molecule has 100 valence electrons. The number of aliphatic hydroxyl groups is 1. The third-order valence-corrected chi connectivity index (χ3v) is 5.03. The number of aliphatic hydroxyl groups excluding tert-OH is 1. The minimum atomic E-state index is 0.0903. The molecule has 1 aromatic rings. The molecule has 0 spiro atoms. The molecule has 2 rings (SSSR count). The molecular formula is C15H22BrNO. The number of hydrogen-bond acceptors (Lipinski definition) is 2. The maximum absolute atomic E-state index is 9.69. The molecule has 18 heavy (non-hydrogen) atoms. The van der Waals surface area contributed by atoms with Crippen LogP contribution in [-0.2, 0) is 0 Å². The van der Waals surface area contributed by atoms with Gasteiger partial charge < -0.3 is 10.4 Å². The molecule has 3 heteroatoms. The van der Waals surface area contributed by atoms with Crippen molar-refractivity contribution in [3.8, 4) is 0 Å². The van der Waals surface area contributed by atoms with Crippen LogP contribution in [0.5, 0.6) is 0 Å². The van der Waals surface area contributed by atoms with Gasteiger partial charge in [-0.2, -0.15) is 0 Å². The van der Waals surface area contributed by atoms with Gasteiger partial charge in [-0.05, 0) is 37.5 Å². The molecule has 1 fully saturated rings. The number of benzene rings is 1. The van der Waals surface area contributed by atoms with Crippen molar-refractivity contribution in [1.82, 2.24) is 0 Å². The Labute approximate surface area is 118 Å². The van der Waals surface area contributed by atoms with Gasteiger partial charge in [-0.3, -0.25) is 0 Å². The standard InChI is InChI=1S/C15H22BrNO/c1-12-13(16)6-5-7-14(12)17-10-15(11-18)8-3-2-4-9-15/h5-7,17-18H,2-4,8-11H2,1H3. The Morgan fingerprint density at radius 3 is 2.67 bits per heavy atom. The first-order chi connectivity index (χ1) is 8.67. The van der Waals surface area contributed by atoms with E-state index in [1.165, 1.54) is 30.5 Å². The van der Waals surface area contributed by atoms with E-state index in [1.54, 1.807) is 0 Å². The maximum atomic E-state index is 9.69. The largest absolute Gasteiger partial charge is 0.396 e. The molecule has 0 radical (unpaired) electrons. The van der Waals surface area contributed by atoms with Gasteiger partial charge in [0.15, 0.2) is 0 Å². The molecule has 1 saturated carbocycles. The van der Waals surface area contributed by atoms with Crippen molar-refractivity contribution in [3.63, 3.8) is 0 Å². The Kier molecular flexibility index (Phi) is 4.68. The van der Waals surface area contributed by atoms with E-state index in [2.05, 4.69) is 40.3 Å². The number of hydrogen-bond donors (Lipinski definition) is 2. The molecule has 0 aliphatic heterocycles. The number of anilines is 1. The molecule has 0 amide bonds. The molecule has 0 unspecified atom stereocenters. The van der Waals surface area contributed by atoms with Crippen LogP contribution in [0.2, 0.25) is 0 Å². The molecule has 2 nitrogen and oxygen atoms in total. The summed E-state index contributed by atoms with van der Waals surface area (Å²) in [4.78, 5) is 0. The molecule has 0 atom stereocenters. The van der Waals surface area contributed by atoms with Crippen LogP contribution < -0.4 is 5.32 Å². The molecule has 1 aliphatic carbocycles. The van der Waals surface area contributed by atoms with Gasteiger partial charge in [0.05, 0.1) is 6.61 Å². The van der Waals surface area contributed by atoms with Crippen LogP contribution in [0.25, 0.3) is 0 Å². The lowest BCUT2D eigenvalue weighted by atomic mass is 9.74. The molecule has 0 aromatic heterocycles. The number of nitrogens with one attached hydrogen (secondary N) is 1. The molecule has 1 aromatic carbocycles. The van der Waals surface area contributed by atoms with E-state index >= 15 is 0 Å². The molecule has 1 aliphatic rings. The summed E-state index contributed by atoms with van der Waals surface area (Å²) in [7, 11) is 0. The second-order valence-corrected chi connectivity index (χ2v) is 6.34. The van der Waals surface area contributed by atoms with Gasteiger partial charge in [-0.1, -0.05) is 41.3 Å². The van der Waals surface area contributed by atoms with Crippen molar-refractivity contribution in [2.45, 2.75) is 39.0 Å².